The summed E-state index contributed by atoms with van der Waals surface area (Å²) >= 11 is 0. The molecule has 0 bridgehead atoms. The molecule has 5 nitrogen and oxygen atoms in total. The highest BCUT2D eigenvalue weighted by molar-refractivity contribution is 7.91. The highest BCUT2D eigenvalue weighted by Crippen LogP contribution is 2.21. The van der Waals surface area contributed by atoms with E-state index in [1.165, 1.54) is 0 Å². The lowest BCUT2D eigenvalue weighted by Gasteiger charge is -2.11. The standard InChI is InChI=1S/C9H15N3O2S/c1-6-9(7(2)12-11-6)10-8-3-4-15(13,14)5-8/h8,10H,3-5H2,1-2H3,(H,11,12). The topological polar surface area (TPSA) is 74.8 Å². The van der Waals surface area contributed by atoms with Gasteiger partial charge in [-0.05, 0) is 20.3 Å². The second-order valence-electron chi connectivity index (χ2n) is 4.05. The van der Waals surface area contributed by atoms with Crippen LogP contribution in [0.25, 0.3) is 0 Å². The van der Waals surface area contributed by atoms with Gasteiger partial charge < -0.3 is 5.32 Å². The van der Waals surface area contributed by atoms with E-state index in [0.717, 1.165) is 17.1 Å². The fourth-order valence-corrected chi connectivity index (χ4v) is 3.55. The van der Waals surface area contributed by atoms with Crippen molar-refractivity contribution in [2.45, 2.75) is 26.3 Å². The molecule has 1 fully saturated rings. The number of aromatic amines is 1. The molecule has 0 aromatic carbocycles. The quantitative estimate of drug-likeness (QED) is 0.780. The molecule has 1 saturated heterocycles. The SMILES string of the molecule is Cc1n[nH]c(C)c1NC1CCS(=O)(=O)C1. The number of nitrogens with zero attached hydrogens (tertiary/aromatic N) is 1. The van der Waals surface area contributed by atoms with E-state index >= 15 is 0 Å². The Morgan fingerprint density at radius 1 is 1.47 bits per heavy atom. The van der Waals surface area contributed by atoms with Crippen LogP contribution in [0.4, 0.5) is 5.69 Å². The molecule has 1 aliphatic rings. The van der Waals surface area contributed by atoms with Crippen LogP contribution in [0.2, 0.25) is 0 Å². The number of rotatable bonds is 2. The van der Waals surface area contributed by atoms with Crippen molar-refractivity contribution in [3.8, 4) is 0 Å². The van der Waals surface area contributed by atoms with Gasteiger partial charge in [0.2, 0.25) is 0 Å². The van der Waals surface area contributed by atoms with Crippen LogP contribution in [0.3, 0.4) is 0 Å². The second kappa shape index (κ2) is 3.52. The van der Waals surface area contributed by atoms with Crippen molar-refractivity contribution in [3.63, 3.8) is 0 Å². The first kappa shape index (κ1) is 10.5. The molecule has 2 rings (SSSR count). The number of sulfone groups is 1. The number of aryl methyl sites for hydroxylation is 2. The molecule has 0 aliphatic carbocycles. The van der Waals surface area contributed by atoms with Crippen molar-refractivity contribution in [1.29, 1.82) is 0 Å². The lowest BCUT2D eigenvalue weighted by atomic mass is 10.2. The monoisotopic (exact) mass is 229 g/mol. The lowest BCUT2D eigenvalue weighted by Crippen LogP contribution is -2.21. The van der Waals surface area contributed by atoms with Crippen LogP contribution in [0.1, 0.15) is 17.8 Å². The van der Waals surface area contributed by atoms with Gasteiger partial charge in [-0.15, -0.1) is 0 Å². The van der Waals surface area contributed by atoms with E-state index in [9.17, 15) is 8.42 Å². The maximum absolute atomic E-state index is 11.3. The van der Waals surface area contributed by atoms with Gasteiger partial charge >= 0.3 is 0 Å². The van der Waals surface area contributed by atoms with Crippen LogP contribution < -0.4 is 5.32 Å². The molecular formula is C9H15N3O2S. The smallest absolute Gasteiger partial charge is 0.152 e. The summed E-state index contributed by atoms with van der Waals surface area (Å²) < 4.78 is 22.6. The lowest BCUT2D eigenvalue weighted by molar-refractivity contribution is 0.602. The van der Waals surface area contributed by atoms with E-state index < -0.39 is 9.84 Å². The van der Waals surface area contributed by atoms with Gasteiger partial charge in [-0.2, -0.15) is 5.10 Å². The summed E-state index contributed by atoms with van der Waals surface area (Å²) in [4.78, 5) is 0. The van der Waals surface area contributed by atoms with E-state index in [1.807, 2.05) is 13.8 Å². The molecule has 0 amide bonds. The number of aromatic nitrogens is 2. The number of H-pyrrole nitrogens is 1. The molecule has 2 N–H and O–H groups in total. The van der Waals surface area contributed by atoms with Gasteiger partial charge in [0.25, 0.3) is 0 Å². The molecule has 2 heterocycles. The summed E-state index contributed by atoms with van der Waals surface area (Å²) in [5, 5.41) is 10.2. The van der Waals surface area contributed by atoms with E-state index in [2.05, 4.69) is 15.5 Å². The van der Waals surface area contributed by atoms with Crippen LogP contribution in [-0.4, -0.2) is 36.2 Å². The second-order valence-corrected chi connectivity index (χ2v) is 6.28. The summed E-state index contributed by atoms with van der Waals surface area (Å²) in [6, 6.07) is 0.0324. The minimum atomic E-state index is -2.82. The normalized spacial score (nSPS) is 24.3. The first-order chi connectivity index (χ1) is 6.98. The Morgan fingerprint density at radius 2 is 2.20 bits per heavy atom. The van der Waals surface area contributed by atoms with E-state index in [0.29, 0.717) is 12.2 Å². The third kappa shape index (κ3) is 2.14. The van der Waals surface area contributed by atoms with Crippen molar-refractivity contribution in [1.82, 2.24) is 10.2 Å². The molecule has 1 atom stereocenters. The molecule has 84 valence electrons. The molecular weight excluding hydrogens is 214 g/mol. The Labute approximate surface area is 89.2 Å². The average Bonchev–Trinajstić information content (AvgIpc) is 2.63. The van der Waals surface area contributed by atoms with Crippen LogP contribution in [0.15, 0.2) is 0 Å². The van der Waals surface area contributed by atoms with Gasteiger partial charge in [-0.1, -0.05) is 0 Å². The van der Waals surface area contributed by atoms with Gasteiger partial charge in [0.05, 0.1) is 28.6 Å². The molecule has 1 aromatic heterocycles. The summed E-state index contributed by atoms with van der Waals surface area (Å²) in [6.07, 6.45) is 0.687. The molecule has 15 heavy (non-hydrogen) atoms. The van der Waals surface area contributed by atoms with E-state index in [1.54, 1.807) is 0 Å². The first-order valence-corrected chi connectivity index (χ1v) is 6.78. The maximum atomic E-state index is 11.3. The summed E-state index contributed by atoms with van der Waals surface area (Å²) in [6.45, 7) is 3.82. The Bertz CT molecular complexity index is 444. The van der Waals surface area contributed by atoms with Crippen LogP contribution >= 0.6 is 0 Å². The number of nitrogens with one attached hydrogen (secondary N) is 2. The minimum Gasteiger partial charge on any atom is -0.378 e. The van der Waals surface area contributed by atoms with E-state index in [-0.39, 0.29) is 11.8 Å². The van der Waals surface area contributed by atoms with Gasteiger partial charge in [-0.25, -0.2) is 8.42 Å². The molecule has 1 aromatic rings. The van der Waals surface area contributed by atoms with Gasteiger partial charge in [0.1, 0.15) is 0 Å². The van der Waals surface area contributed by atoms with Crippen molar-refractivity contribution in [3.05, 3.63) is 11.4 Å². The first-order valence-electron chi connectivity index (χ1n) is 4.96. The van der Waals surface area contributed by atoms with Crippen LogP contribution in [-0.2, 0) is 9.84 Å². The summed E-state index contributed by atoms with van der Waals surface area (Å²) in [5.74, 6) is 0.525. The summed E-state index contributed by atoms with van der Waals surface area (Å²) in [5.41, 5.74) is 2.78. The maximum Gasteiger partial charge on any atom is 0.152 e. The molecule has 1 unspecified atom stereocenters. The molecule has 0 radical (unpaired) electrons. The zero-order valence-corrected chi connectivity index (χ0v) is 9.69. The van der Waals surface area contributed by atoms with Crippen molar-refractivity contribution < 1.29 is 8.42 Å². The Balaban J connectivity index is 2.11. The fourth-order valence-electron chi connectivity index (χ4n) is 1.88. The molecule has 6 heteroatoms. The van der Waals surface area contributed by atoms with Crippen LogP contribution in [0.5, 0.6) is 0 Å². The van der Waals surface area contributed by atoms with Gasteiger partial charge in [0, 0.05) is 6.04 Å². The number of hydrogen-bond acceptors (Lipinski definition) is 4. The predicted molar refractivity (Wildman–Crippen MR) is 58.7 cm³/mol. The number of hydrogen-bond donors (Lipinski definition) is 2. The van der Waals surface area contributed by atoms with E-state index in [4.69, 9.17) is 0 Å². The zero-order valence-electron chi connectivity index (χ0n) is 8.87. The van der Waals surface area contributed by atoms with Crippen molar-refractivity contribution in [2.75, 3.05) is 16.8 Å². The van der Waals surface area contributed by atoms with Crippen molar-refractivity contribution in [2.24, 2.45) is 0 Å². The third-order valence-electron chi connectivity index (χ3n) is 2.71. The molecule has 0 saturated carbocycles. The molecule has 0 spiro atoms. The fraction of sp³-hybridized carbons (Fsp3) is 0.667. The summed E-state index contributed by atoms with van der Waals surface area (Å²) in [7, 11) is -2.82. The Hall–Kier alpha value is -1.04. The van der Waals surface area contributed by atoms with Crippen LogP contribution in [0, 0.1) is 13.8 Å². The highest BCUT2D eigenvalue weighted by atomic mass is 32.2. The van der Waals surface area contributed by atoms with Crippen molar-refractivity contribution >= 4 is 15.5 Å². The average molecular weight is 229 g/mol. The van der Waals surface area contributed by atoms with Gasteiger partial charge in [0.15, 0.2) is 9.84 Å². The van der Waals surface area contributed by atoms with Gasteiger partial charge in [-0.3, -0.25) is 5.10 Å². The molecule has 1 aliphatic heterocycles. The predicted octanol–water partition coefficient (Wildman–Crippen LogP) is 0.626. The zero-order chi connectivity index (χ0) is 11.1. The number of anilines is 1. The minimum absolute atomic E-state index is 0.0324. The third-order valence-corrected chi connectivity index (χ3v) is 4.48. The largest absolute Gasteiger partial charge is 0.378 e. The Kier molecular flexibility index (Phi) is 2.46. The highest BCUT2D eigenvalue weighted by Gasteiger charge is 2.28. The Morgan fingerprint density at radius 3 is 2.67 bits per heavy atom.